The van der Waals surface area contributed by atoms with E-state index in [0.717, 1.165) is 42.2 Å². The average Bonchev–Trinajstić information content (AvgIpc) is 3.59. The highest BCUT2D eigenvalue weighted by Crippen LogP contribution is 2.34. The summed E-state index contributed by atoms with van der Waals surface area (Å²) in [5.74, 6) is 0.0360. The predicted molar refractivity (Wildman–Crippen MR) is 148 cm³/mol. The molecule has 5 aromatic rings. The van der Waals surface area contributed by atoms with E-state index in [0.29, 0.717) is 35.6 Å². The van der Waals surface area contributed by atoms with E-state index in [2.05, 4.69) is 37.3 Å². The average molecular weight is 548 g/mol. The molecule has 3 N–H and O–H groups in total. The number of fused-ring (bicyclic) bond motifs is 2. The van der Waals surface area contributed by atoms with Gasteiger partial charge in [-0.1, -0.05) is 25.1 Å². The van der Waals surface area contributed by atoms with Crippen LogP contribution < -0.4 is 5.32 Å². The highest BCUT2D eigenvalue weighted by atomic mass is 19.4. The Kier molecular flexibility index (Phi) is 6.77. The Labute approximate surface area is 228 Å². The van der Waals surface area contributed by atoms with E-state index in [9.17, 15) is 18.0 Å². The third-order valence-corrected chi connectivity index (χ3v) is 7.44. The van der Waals surface area contributed by atoms with Gasteiger partial charge in [-0.3, -0.25) is 14.8 Å². The zero-order valence-electron chi connectivity index (χ0n) is 21.8. The summed E-state index contributed by atoms with van der Waals surface area (Å²) in [6.45, 7) is 6.29. The number of carbonyl (C=O) groups is 1. The number of anilines is 1. The number of halogens is 3. The van der Waals surface area contributed by atoms with Gasteiger partial charge in [-0.05, 0) is 48.5 Å². The Balaban J connectivity index is 1.20. The summed E-state index contributed by atoms with van der Waals surface area (Å²) in [5, 5.41) is 10.7. The fraction of sp³-hybridized carbons (Fsp3) is 0.276. The zero-order chi connectivity index (χ0) is 27.9. The largest absolute Gasteiger partial charge is 0.416 e. The van der Waals surface area contributed by atoms with Gasteiger partial charge in [-0.15, -0.1) is 0 Å². The minimum absolute atomic E-state index is 0.0508. The summed E-state index contributed by atoms with van der Waals surface area (Å²) in [6, 6.07) is 14.8. The molecule has 0 radical (unpaired) electrons. The fourth-order valence-electron chi connectivity index (χ4n) is 5.14. The van der Waals surface area contributed by atoms with Crippen molar-refractivity contribution in [3.05, 3.63) is 77.5 Å². The number of rotatable bonds is 6. The second-order valence-corrected chi connectivity index (χ2v) is 10.0. The van der Waals surface area contributed by atoms with Crippen molar-refractivity contribution < 1.29 is 18.0 Å². The van der Waals surface area contributed by atoms with E-state index in [-0.39, 0.29) is 17.7 Å². The molecule has 0 unspecified atom stereocenters. The first-order valence-electron chi connectivity index (χ1n) is 13.2. The van der Waals surface area contributed by atoms with Crippen LogP contribution in [0.25, 0.3) is 33.3 Å². The number of carbonyl (C=O) groups excluding carboxylic acids is 1. The summed E-state index contributed by atoms with van der Waals surface area (Å²) in [5.41, 5.74) is 2.93. The van der Waals surface area contributed by atoms with Gasteiger partial charge in [0.2, 0.25) is 0 Å². The molecule has 8 nitrogen and oxygen atoms in total. The van der Waals surface area contributed by atoms with Crippen molar-refractivity contribution in [2.45, 2.75) is 19.6 Å². The predicted octanol–water partition coefficient (Wildman–Crippen LogP) is 5.51. The summed E-state index contributed by atoms with van der Waals surface area (Å²) in [7, 11) is 0. The number of imidazole rings is 1. The molecule has 6 rings (SSSR count). The lowest BCUT2D eigenvalue weighted by Crippen LogP contribution is -2.45. The molecule has 0 atom stereocenters. The van der Waals surface area contributed by atoms with Gasteiger partial charge in [0.25, 0.3) is 5.91 Å². The monoisotopic (exact) mass is 547 g/mol. The molecule has 0 bridgehead atoms. The number of aromatic nitrogens is 4. The van der Waals surface area contributed by atoms with Crippen LogP contribution in [-0.2, 0) is 12.7 Å². The molecule has 1 saturated heterocycles. The van der Waals surface area contributed by atoms with Crippen molar-refractivity contribution in [3.63, 3.8) is 0 Å². The van der Waals surface area contributed by atoms with Gasteiger partial charge >= 0.3 is 6.18 Å². The molecule has 2 aromatic heterocycles. The Morgan fingerprint density at radius 3 is 2.55 bits per heavy atom. The molecule has 1 amide bonds. The molecule has 11 heteroatoms. The van der Waals surface area contributed by atoms with Gasteiger partial charge < -0.3 is 15.2 Å². The van der Waals surface area contributed by atoms with Crippen molar-refractivity contribution in [1.29, 1.82) is 0 Å². The number of nitrogens with zero attached hydrogens (tertiary/aromatic N) is 4. The van der Waals surface area contributed by atoms with Gasteiger partial charge in [-0.25, -0.2) is 4.98 Å². The second-order valence-electron chi connectivity index (χ2n) is 10.0. The Morgan fingerprint density at radius 1 is 0.975 bits per heavy atom. The van der Waals surface area contributed by atoms with E-state index < -0.39 is 17.6 Å². The fourth-order valence-corrected chi connectivity index (χ4v) is 5.14. The summed E-state index contributed by atoms with van der Waals surface area (Å²) in [6.07, 6.45) is -2.83. The number of piperazine rings is 1. The van der Waals surface area contributed by atoms with Crippen molar-refractivity contribution in [2.75, 3.05) is 38.0 Å². The number of benzene rings is 3. The van der Waals surface area contributed by atoms with Crippen molar-refractivity contribution in [1.82, 2.24) is 30.0 Å². The van der Waals surface area contributed by atoms with E-state index in [1.165, 1.54) is 12.1 Å². The van der Waals surface area contributed by atoms with Crippen LogP contribution >= 0.6 is 0 Å². The SMILES string of the molecule is CCN1CCN(Cc2ccc(C(=O)Nc3ccc4nc(-c5ccc6cn[nH]c6c5)[nH]c4c3)cc2C(F)(F)F)CC1. The third-order valence-electron chi connectivity index (χ3n) is 7.44. The first kappa shape index (κ1) is 26.0. The van der Waals surface area contributed by atoms with Crippen molar-refractivity contribution in [3.8, 4) is 11.4 Å². The van der Waals surface area contributed by atoms with Crippen molar-refractivity contribution >= 4 is 33.5 Å². The van der Waals surface area contributed by atoms with Crippen LogP contribution in [0.5, 0.6) is 0 Å². The molecule has 0 aliphatic carbocycles. The molecule has 0 spiro atoms. The van der Waals surface area contributed by atoms with Gasteiger partial charge in [0.15, 0.2) is 0 Å². The zero-order valence-corrected chi connectivity index (χ0v) is 21.8. The quantitative estimate of drug-likeness (QED) is 0.261. The molecule has 40 heavy (non-hydrogen) atoms. The van der Waals surface area contributed by atoms with Crippen LogP contribution in [0.4, 0.5) is 18.9 Å². The lowest BCUT2D eigenvalue weighted by molar-refractivity contribution is -0.138. The smallest absolute Gasteiger partial charge is 0.338 e. The third kappa shape index (κ3) is 5.30. The maximum Gasteiger partial charge on any atom is 0.416 e. The number of H-pyrrole nitrogens is 2. The van der Waals surface area contributed by atoms with Crippen LogP contribution in [0.3, 0.4) is 0 Å². The standard InChI is InChI=1S/C29H28F3N7O/c1-2-38-9-11-39(12-10-38)17-21-6-4-19(13-23(21)29(30,31)32)28(40)34-22-7-8-24-26(15-22)36-27(35-24)18-3-5-20-16-33-37-25(20)14-18/h3-8,13-16H,2,9-12,17H2,1H3,(H,33,37)(H,34,40)(H,35,36). The van der Waals surface area contributed by atoms with E-state index in [1.807, 2.05) is 23.1 Å². The Morgan fingerprint density at radius 2 is 1.77 bits per heavy atom. The Hall–Kier alpha value is -4.22. The van der Waals surface area contributed by atoms with Crippen LogP contribution in [0.15, 0.2) is 60.8 Å². The molecular formula is C29H28F3N7O. The minimum atomic E-state index is -4.57. The number of amides is 1. The molecule has 3 aromatic carbocycles. The molecule has 1 aliphatic rings. The molecule has 3 heterocycles. The van der Waals surface area contributed by atoms with E-state index >= 15 is 0 Å². The summed E-state index contributed by atoms with van der Waals surface area (Å²) < 4.78 is 42.0. The van der Waals surface area contributed by atoms with Gasteiger partial charge in [0, 0.05) is 54.9 Å². The highest BCUT2D eigenvalue weighted by molar-refractivity contribution is 6.05. The topological polar surface area (TPSA) is 92.9 Å². The molecule has 0 saturated carbocycles. The number of hydrogen-bond donors (Lipinski definition) is 3. The molecule has 1 fully saturated rings. The first-order chi connectivity index (χ1) is 19.3. The lowest BCUT2D eigenvalue weighted by atomic mass is 10.0. The summed E-state index contributed by atoms with van der Waals surface area (Å²) >= 11 is 0. The normalized spacial score (nSPS) is 15.2. The van der Waals surface area contributed by atoms with E-state index in [4.69, 9.17) is 0 Å². The van der Waals surface area contributed by atoms with Gasteiger partial charge in [-0.2, -0.15) is 18.3 Å². The minimum Gasteiger partial charge on any atom is -0.338 e. The maximum absolute atomic E-state index is 14.0. The van der Waals surface area contributed by atoms with Gasteiger partial charge in [0.1, 0.15) is 5.82 Å². The molecule has 1 aliphatic heterocycles. The number of hydrogen-bond acceptors (Lipinski definition) is 5. The lowest BCUT2D eigenvalue weighted by Gasteiger charge is -2.34. The second kappa shape index (κ2) is 10.4. The summed E-state index contributed by atoms with van der Waals surface area (Å²) in [4.78, 5) is 25.2. The maximum atomic E-state index is 14.0. The number of likely N-dealkylation sites (N-methyl/N-ethyl adjacent to an activating group) is 1. The van der Waals surface area contributed by atoms with Gasteiger partial charge in [0.05, 0.1) is 28.3 Å². The highest BCUT2D eigenvalue weighted by Gasteiger charge is 2.34. The number of aromatic amines is 2. The number of nitrogens with one attached hydrogen (secondary N) is 3. The van der Waals surface area contributed by atoms with Crippen LogP contribution in [0.1, 0.15) is 28.4 Å². The number of alkyl halides is 3. The van der Waals surface area contributed by atoms with E-state index in [1.54, 1.807) is 24.4 Å². The van der Waals surface area contributed by atoms with Crippen LogP contribution in [-0.4, -0.2) is 68.6 Å². The molecule has 206 valence electrons. The Bertz CT molecular complexity index is 1680. The van der Waals surface area contributed by atoms with Crippen LogP contribution in [0.2, 0.25) is 0 Å². The van der Waals surface area contributed by atoms with Crippen LogP contribution in [0, 0.1) is 0 Å². The molecular weight excluding hydrogens is 519 g/mol. The van der Waals surface area contributed by atoms with Crippen molar-refractivity contribution in [2.24, 2.45) is 0 Å². The first-order valence-corrected chi connectivity index (χ1v) is 13.2.